The lowest BCUT2D eigenvalue weighted by atomic mass is 10.0. The summed E-state index contributed by atoms with van der Waals surface area (Å²) in [4.78, 5) is 9.08. The van der Waals surface area contributed by atoms with Crippen LogP contribution in [0.1, 0.15) is 43.5 Å². The van der Waals surface area contributed by atoms with Gasteiger partial charge < -0.3 is 0 Å². The first-order valence-electron chi connectivity index (χ1n) is 7.35. The van der Waals surface area contributed by atoms with Crippen molar-refractivity contribution in [1.82, 2.24) is 9.97 Å². The molecule has 1 saturated carbocycles. The number of aryl methyl sites for hydroxylation is 1. The molecule has 0 aliphatic heterocycles. The molecule has 21 heavy (non-hydrogen) atoms. The van der Waals surface area contributed by atoms with Crippen LogP contribution in [0.15, 0.2) is 24.3 Å². The molecule has 3 rings (SSSR count). The van der Waals surface area contributed by atoms with Gasteiger partial charge in [0.25, 0.3) is 0 Å². The number of halogens is 2. The predicted octanol–water partition coefficient (Wildman–Crippen LogP) is 5.66. The van der Waals surface area contributed by atoms with Crippen LogP contribution in [0.5, 0.6) is 0 Å². The van der Waals surface area contributed by atoms with Crippen molar-refractivity contribution in [2.45, 2.75) is 39.0 Å². The summed E-state index contributed by atoms with van der Waals surface area (Å²) in [5, 5.41) is 0.915. The van der Waals surface area contributed by atoms with E-state index in [2.05, 4.69) is 16.9 Å². The summed E-state index contributed by atoms with van der Waals surface area (Å²) in [5.74, 6) is 1.92. The lowest BCUT2D eigenvalue weighted by Crippen LogP contribution is -2.03. The minimum absolute atomic E-state index is 0.390. The van der Waals surface area contributed by atoms with E-state index in [0.717, 1.165) is 41.3 Å². The molecule has 1 aliphatic rings. The van der Waals surface area contributed by atoms with E-state index in [-0.39, 0.29) is 0 Å². The molecule has 0 bridgehead atoms. The van der Waals surface area contributed by atoms with Gasteiger partial charge in [-0.25, -0.2) is 9.97 Å². The van der Waals surface area contributed by atoms with E-state index in [1.54, 1.807) is 0 Å². The minimum atomic E-state index is 0.390. The average Bonchev–Trinajstić information content (AvgIpc) is 2.87. The number of benzene rings is 1. The molecule has 2 nitrogen and oxygen atoms in total. The first-order chi connectivity index (χ1) is 10.1. The molecule has 110 valence electrons. The van der Waals surface area contributed by atoms with E-state index in [4.69, 9.17) is 23.2 Å². The second kappa shape index (κ2) is 5.94. The maximum Gasteiger partial charge on any atom is 0.142 e. The highest BCUT2D eigenvalue weighted by atomic mass is 35.5. The molecule has 0 spiro atoms. The second-order valence-corrected chi connectivity index (χ2v) is 6.68. The Kier molecular flexibility index (Phi) is 4.19. The lowest BCUT2D eigenvalue weighted by Gasteiger charge is -2.13. The Bertz CT molecular complexity index is 647. The molecule has 1 aromatic heterocycles. The molecule has 2 unspecified atom stereocenters. The fourth-order valence-electron chi connectivity index (χ4n) is 3.12. The largest absolute Gasteiger partial charge is 0.220 e. The highest BCUT2D eigenvalue weighted by Crippen LogP contribution is 2.40. The summed E-state index contributed by atoms with van der Waals surface area (Å²) in [6, 6.07) is 8.01. The van der Waals surface area contributed by atoms with Crippen molar-refractivity contribution < 1.29 is 0 Å². The Morgan fingerprint density at radius 2 is 1.71 bits per heavy atom. The summed E-state index contributed by atoms with van der Waals surface area (Å²) >= 11 is 12.8. The third-order valence-electron chi connectivity index (χ3n) is 4.31. The molecule has 0 amide bonds. The molecule has 1 aliphatic carbocycles. The molecule has 2 aromatic rings. The van der Waals surface area contributed by atoms with Crippen molar-refractivity contribution in [3.05, 3.63) is 46.0 Å². The summed E-state index contributed by atoms with van der Waals surface area (Å²) in [7, 11) is 0. The van der Waals surface area contributed by atoms with Crippen LogP contribution in [0.2, 0.25) is 10.3 Å². The highest BCUT2D eigenvalue weighted by Gasteiger charge is 2.27. The third-order valence-corrected chi connectivity index (χ3v) is 4.86. The summed E-state index contributed by atoms with van der Waals surface area (Å²) in [6.07, 6.45) is 3.47. The van der Waals surface area contributed by atoms with Crippen LogP contribution >= 0.6 is 23.2 Å². The van der Waals surface area contributed by atoms with E-state index in [1.807, 2.05) is 31.2 Å². The fourth-order valence-corrected chi connectivity index (χ4v) is 3.73. The van der Waals surface area contributed by atoms with Crippen LogP contribution in [0.25, 0.3) is 11.1 Å². The van der Waals surface area contributed by atoms with Crippen LogP contribution in [-0.4, -0.2) is 9.97 Å². The monoisotopic (exact) mass is 320 g/mol. The molecule has 4 heteroatoms. The van der Waals surface area contributed by atoms with Crippen molar-refractivity contribution in [2.24, 2.45) is 5.92 Å². The maximum atomic E-state index is 6.42. The van der Waals surface area contributed by atoms with Crippen LogP contribution in [0.3, 0.4) is 0 Å². The van der Waals surface area contributed by atoms with Crippen molar-refractivity contribution >= 4 is 23.2 Å². The molecular formula is C17H18Cl2N2. The third kappa shape index (κ3) is 2.93. The Hall–Kier alpha value is -1.12. The van der Waals surface area contributed by atoms with Gasteiger partial charge in [0.05, 0.1) is 5.56 Å². The SMILES string of the molecule is Cc1ccccc1-c1c(Cl)nc(C2CCC(C)C2)nc1Cl. The predicted molar refractivity (Wildman–Crippen MR) is 88.0 cm³/mol. The molecule has 0 saturated heterocycles. The molecule has 1 fully saturated rings. The van der Waals surface area contributed by atoms with Gasteiger partial charge in [0.15, 0.2) is 0 Å². The molecule has 0 radical (unpaired) electrons. The van der Waals surface area contributed by atoms with E-state index >= 15 is 0 Å². The Morgan fingerprint density at radius 1 is 1.05 bits per heavy atom. The van der Waals surface area contributed by atoms with Crippen LogP contribution in [0.4, 0.5) is 0 Å². The van der Waals surface area contributed by atoms with E-state index in [0.29, 0.717) is 16.2 Å². The highest BCUT2D eigenvalue weighted by molar-refractivity contribution is 6.37. The Balaban J connectivity index is 2.03. The lowest BCUT2D eigenvalue weighted by molar-refractivity contribution is 0.585. The van der Waals surface area contributed by atoms with Gasteiger partial charge >= 0.3 is 0 Å². The van der Waals surface area contributed by atoms with Crippen LogP contribution < -0.4 is 0 Å². The molecule has 1 heterocycles. The topological polar surface area (TPSA) is 25.8 Å². The zero-order valence-corrected chi connectivity index (χ0v) is 13.7. The second-order valence-electron chi connectivity index (χ2n) is 5.97. The zero-order valence-electron chi connectivity index (χ0n) is 12.2. The Labute approximate surface area is 135 Å². The number of aromatic nitrogens is 2. The van der Waals surface area contributed by atoms with Gasteiger partial charge in [0.2, 0.25) is 0 Å². The van der Waals surface area contributed by atoms with Crippen molar-refractivity contribution in [3.63, 3.8) is 0 Å². The number of nitrogens with zero attached hydrogens (tertiary/aromatic N) is 2. The van der Waals surface area contributed by atoms with E-state index in [1.165, 1.54) is 6.42 Å². The molecule has 2 atom stereocenters. The van der Waals surface area contributed by atoms with Crippen molar-refractivity contribution in [3.8, 4) is 11.1 Å². The summed E-state index contributed by atoms with van der Waals surface area (Å²) in [6.45, 7) is 4.31. The van der Waals surface area contributed by atoms with Crippen molar-refractivity contribution in [1.29, 1.82) is 0 Å². The van der Waals surface area contributed by atoms with Crippen molar-refractivity contribution in [2.75, 3.05) is 0 Å². The number of hydrogen-bond acceptors (Lipinski definition) is 2. The average molecular weight is 321 g/mol. The zero-order chi connectivity index (χ0) is 15.0. The van der Waals surface area contributed by atoms with Gasteiger partial charge in [-0.15, -0.1) is 0 Å². The van der Waals surface area contributed by atoms with Gasteiger partial charge in [0.1, 0.15) is 16.1 Å². The normalized spacial score (nSPS) is 21.7. The van der Waals surface area contributed by atoms with Crippen LogP contribution in [0, 0.1) is 12.8 Å². The quantitative estimate of drug-likeness (QED) is 0.667. The molecular weight excluding hydrogens is 303 g/mol. The summed E-state index contributed by atoms with van der Waals surface area (Å²) < 4.78 is 0. The van der Waals surface area contributed by atoms with Gasteiger partial charge in [-0.05, 0) is 43.2 Å². The van der Waals surface area contributed by atoms with E-state index in [9.17, 15) is 0 Å². The fraction of sp³-hybridized carbons (Fsp3) is 0.412. The standard InChI is InChI=1S/C17H18Cl2N2/c1-10-7-8-12(9-10)17-20-15(18)14(16(19)21-17)13-6-4-3-5-11(13)2/h3-6,10,12H,7-9H2,1-2H3. The summed E-state index contributed by atoms with van der Waals surface area (Å²) in [5.41, 5.74) is 2.86. The van der Waals surface area contributed by atoms with Gasteiger partial charge in [-0.1, -0.05) is 54.4 Å². The van der Waals surface area contributed by atoms with E-state index < -0.39 is 0 Å². The van der Waals surface area contributed by atoms with Gasteiger partial charge in [-0.3, -0.25) is 0 Å². The molecule has 0 N–H and O–H groups in total. The van der Waals surface area contributed by atoms with Crippen LogP contribution in [-0.2, 0) is 0 Å². The van der Waals surface area contributed by atoms with Gasteiger partial charge in [0, 0.05) is 5.92 Å². The first kappa shape index (κ1) is 14.8. The Morgan fingerprint density at radius 3 is 2.29 bits per heavy atom. The minimum Gasteiger partial charge on any atom is -0.220 e. The van der Waals surface area contributed by atoms with Gasteiger partial charge in [-0.2, -0.15) is 0 Å². The number of hydrogen-bond donors (Lipinski definition) is 0. The first-order valence-corrected chi connectivity index (χ1v) is 8.10. The molecule has 1 aromatic carbocycles. The smallest absolute Gasteiger partial charge is 0.142 e. The number of rotatable bonds is 2. The maximum absolute atomic E-state index is 6.42.